The largest absolute Gasteiger partial charge is 0.484 e. The van der Waals surface area contributed by atoms with Crippen LogP contribution in [-0.2, 0) is 19.4 Å². The van der Waals surface area contributed by atoms with Crippen LogP contribution in [0.15, 0.2) is 22.6 Å². The van der Waals surface area contributed by atoms with Crippen LogP contribution in [0.3, 0.4) is 0 Å². The maximum Gasteiger partial charge on any atom is 0.253 e. The Kier molecular flexibility index (Phi) is 3.21. The number of hydrogen-bond donors (Lipinski definition) is 1. The normalized spacial score (nSPS) is 17.5. The van der Waals surface area contributed by atoms with Gasteiger partial charge in [-0.3, -0.25) is 0 Å². The average Bonchev–Trinajstić information content (AvgIpc) is 3.03. The monoisotopic (exact) mass is 259 g/mol. The van der Waals surface area contributed by atoms with Crippen LogP contribution < -0.4 is 10.5 Å². The predicted octanol–water partition coefficient (Wildman–Crippen LogP) is 2.16. The summed E-state index contributed by atoms with van der Waals surface area (Å²) in [6.07, 6.45) is 2.78. The standard InChI is InChI=1S/C14H17N3O2/c1-2-13-16-17-14(19-13)8-18-10-4-5-11-9(7-10)3-6-12(11)15/h4-5,7,12H,2-3,6,8,15H2,1H3. The molecule has 1 atom stereocenters. The van der Waals surface area contributed by atoms with Gasteiger partial charge in [-0.05, 0) is 36.1 Å². The molecule has 1 heterocycles. The highest BCUT2D eigenvalue weighted by Crippen LogP contribution is 2.31. The van der Waals surface area contributed by atoms with E-state index in [1.807, 2.05) is 19.1 Å². The minimum Gasteiger partial charge on any atom is -0.484 e. The molecule has 0 aliphatic heterocycles. The van der Waals surface area contributed by atoms with Gasteiger partial charge in [0.15, 0.2) is 6.61 Å². The number of nitrogens with two attached hydrogens (primary N) is 1. The molecule has 0 spiro atoms. The van der Waals surface area contributed by atoms with E-state index in [-0.39, 0.29) is 6.04 Å². The molecular formula is C14H17N3O2. The van der Waals surface area contributed by atoms with Gasteiger partial charge in [0, 0.05) is 12.5 Å². The fraction of sp³-hybridized carbons (Fsp3) is 0.429. The fourth-order valence-corrected chi connectivity index (χ4v) is 2.35. The highest BCUT2D eigenvalue weighted by molar-refractivity contribution is 5.40. The minimum absolute atomic E-state index is 0.173. The Balaban J connectivity index is 1.67. The van der Waals surface area contributed by atoms with Crippen molar-refractivity contribution in [1.82, 2.24) is 10.2 Å². The van der Waals surface area contributed by atoms with Crippen molar-refractivity contribution in [3.05, 3.63) is 41.1 Å². The molecule has 19 heavy (non-hydrogen) atoms. The van der Waals surface area contributed by atoms with Gasteiger partial charge in [-0.15, -0.1) is 10.2 Å². The molecule has 0 radical (unpaired) electrons. The average molecular weight is 259 g/mol. The summed E-state index contributed by atoms with van der Waals surface area (Å²) >= 11 is 0. The molecule has 1 unspecified atom stereocenters. The van der Waals surface area contributed by atoms with Crippen molar-refractivity contribution in [3.8, 4) is 5.75 Å². The van der Waals surface area contributed by atoms with E-state index >= 15 is 0 Å². The summed E-state index contributed by atoms with van der Waals surface area (Å²) in [5, 5.41) is 7.83. The first-order valence-corrected chi connectivity index (χ1v) is 6.58. The number of hydrogen-bond acceptors (Lipinski definition) is 5. The summed E-state index contributed by atoms with van der Waals surface area (Å²) in [6.45, 7) is 2.28. The second kappa shape index (κ2) is 5.01. The Hall–Kier alpha value is -1.88. The molecule has 3 rings (SSSR count). The van der Waals surface area contributed by atoms with Crippen molar-refractivity contribution in [2.24, 2.45) is 5.73 Å². The van der Waals surface area contributed by atoms with Gasteiger partial charge in [-0.1, -0.05) is 13.0 Å². The number of nitrogens with zero attached hydrogens (tertiary/aromatic N) is 2. The molecule has 1 aromatic carbocycles. The zero-order valence-electron chi connectivity index (χ0n) is 10.9. The molecule has 1 aromatic heterocycles. The number of fused-ring (bicyclic) bond motifs is 1. The van der Waals surface area contributed by atoms with E-state index in [9.17, 15) is 0 Å². The maximum atomic E-state index is 6.01. The lowest BCUT2D eigenvalue weighted by Gasteiger charge is -2.07. The number of ether oxygens (including phenoxy) is 1. The van der Waals surface area contributed by atoms with Crippen LogP contribution in [0, 0.1) is 0 Å². The Morgan fingerprint density at radius 3 is 3.00 bits per heavy atom. The summed E-state index contributed by atoms with van der Waals surface area (Å²) in [6, 6.07) is 6.22. The molecule has 5 nitrogen and oxygen atoms in total. The number of benzene rings is 1. The Bertz CT molecular complexity index is 580. The summed E-state index contributed by atoms with van der Waals surface area (Å²) < 4.78 is 11.1. The number of aromatic nitrogens is 2. The molecule has 2 N–H and O–H groups in total. The third-order valence-electron chi connectivity index (χ3n) is 3.41. The molecule has 0 saturated carbocycles. The van der Waals surface area contributed by atoms with Crippen molar-refractivity contribution >= 4 is 0 Å². The van der Waals surface area contributed by atoms with E-state index in [2.05, 4.69) is 16.3 Å². The molecule has 5 heteroatoms. The molecule has 0 bridgehead atoms. The third kappa shape index (κ3) is 2.46. The summed E-state index contributed by atoms with van der Waals surface area (Å²) in [5.74, 6) is 1.97. The molecular weight excluding hydrogens is 242 g/mol. The van der Waals surface area contributed by atoms with Gasteiger partial charge in [0.1, 0.15) is 5.75 Å². The lowest BCUT2D eigenvalue weighted by molar-refractivity contribution is 0.259. The van der Waals surface area contributed by atoms with Gasteiger partial charge in [-0.25, -0.2) is 0 Å². The van der Waals surface area contributed by atoms with Crippen molar-refractivity contribution in [2.45, 2.75) is 38.8 Å². The van der Waals surface area contributed by atoms with Gasteiger partial charge in [0.25, 0.3) is 5.89 Å². The van der Waals surface area contributed by atoms with Gasteiger partial charge in [0.2, 0.25) is 5.89 Å². The number of rotatable bonds is 4. The minimum atomic E-state index is 0.173. The summed E-state index contributed by atoms with van der Waals surface area (Å²) in [7, 11) is 0. The van der Waals surface area contributed by atoms with E-state index < -0.39 is 0 Å². The van der Waals surface area contributed by atoms with Gasteiger partial charge < -0.3 is 14.9 Å². The van der Waals surface area contributed by atoms with E-state index in [0.29, 0.717) is 18.4 Å². The van der Waals surface area contributed by atoms with E-state index in [0.717, 1.165) is 25.0 Å². The zero-order chi connectivity index (χ0) is 13.2. The third-order valence-corrected chi connectivity index (χ3v) is 3.41. The molecule has 0 amide bonds. The van der Waals surface area contributed by atoms with Gasteiger partial charge >= 0.3 is 0 Å². The second-order valence-corrected chi connectivity index (χ2v) is 4.74. The van der Waals surface area contributed by atoms with Gasteiger partial charge in [-0.2, -0.15) is 0 Å². The smallest absolute Gasteiger partial charge is 0.253 e. The Morgan fingerprint density at radius 2 is 2.21 bits per heavy atom. The zero-order valence-corrected chi connectivity index (χ0v) is 10.9. The topological polar surface area (TPSA) is 74.2 Å². The quantitative estimate of drug-likeness (QED) is 0.910. The molecule has 1 aliphatic carbocycles. The Labute approximate surface area is 111 Å². The van der Waals surface area contributed by atoms with Crippen molar-refractivity contribution < 1.29 is 9.15 Å². The van der Waals surface area contributed by atoms with Crippen LogP contribution in [0.5, 0.6) is 5.75 Å². The van der Waals surface area contributed by atoms with Crippen LogP contribution >= 0.6 is 0 Å². The highest BCUT2D eigenvalue weighted by Gasteiger charge is 2.19. The molecule has 100 valence electrons. The predicted molar refractivity (Wildman–Crippen MR) is 69.7 cm³/mol. The van der Waals surface area contributed by atoms with Crippen LogP contribution in [0.2, 0.25) is 0 Å². The molecule has 1 aliphatic rings. The molecule has 0 fully saturated rings. The van der Waals surface area contributed by atoms with Crippen molar-refractivity contribution in [2.75, 3.05) is 0 Å². The lowest BCUT2D eigenvalue weighted by atomic mass is 10.1. The fourth-order valence-electron chi connectivity index (χ4n) is 2.35. The van der Waals surface area contributed by atoms with Crippen molar-refractivity contribution in [3.63, 3.8) is 0 Å². The van der Waals surface area contributed by atoms with E-state index in [4.69, 9.17) is 14.9 Å². The molecule has 2 aromatic rings. The van der Waals surface area contributed by atoms with Crippen LogP contribution in [0.4, 0.5) is 0 Å². The van der Waals surface area contributed by atoms with Crippen LogP contribution in [0.1, 0.15) is 42.3 Å². The SMILES string of the molecule is CCc1nnc(COc2ccc3c(c2)CCC3N)o1. The number of aryl methyl sites for hydroxylation is 2. The van der Waals surface area contributed by atoms with E-state index in [1.165, 1.54) is 11.1 Å². The van der Waals surface area contributed by atoms with Crippen LogP contribution in [-0.4, -0.2) is 10.2 Å². The van der Waals surface area contributed by atoms with Crippen LogP contribution in [0.25, 0.3) is 0 Å². The highest BCUT2D eigenvalue weighted by atomic mass is 16.5. The maximum absolute atomic E-state index is 6.01. The first-order chi connectivity index (χ1) is 9.26. The summed E-state index contributed by atoms with van der Waals surface area (Å²) in [5.41, 5.74) is 8.52. The van der Waals surface area contributed by atoms with E-state index in [1.54, 1.807) is 0 Å². The summed E-state index contributed by atoms with van der Waals surface area (Å²) in [4.78, 5) is 0. The first kappa shape index (κ1) is 12.2. The second-order valence-electron chi connectivity index (χ2n) is 4.74. The van der Waals surface area contributed by atoms with Crippen molar-refractivity contribution in [1.29, 1.82) is 0 Å². The first-order valence-electron chi connectivity index (χ1n) is 6.58. The van der Waals surface area contributed by atoms with Gasteiger partial charge in [0.05, 0.1) is 0 Å². The lowest BCUT2D eigenvalue weighted by Crippen LogP contribution is -2.05. The molecule has 0 saturated heterocycles. The Morgan fingerprint density at radius 1 is 1.37 bits per heavy atom.